The van der Waals surface area contributed by atoms with Gasteiger partial charge in [-0.25, -0.2) is 0 Å². The van der Waals surface area contributed by atoms with Crippen molar-refractivity contribution in [3.05, 3.63) is 133 Å². The third-order valence-corrected chi connectivity index (χ3v) is 11.6. The smallest absolute Gasteiger partial charge is 0.148 e. The number of hydrogen-bond acceptors (Lipinski definition) is 1. The van der Waals surface area contributed by atoms with Crippen molar-refractivity contribution in [2.24, 2.45) is 0 Å². The molecule has 0 saturated heterocycles. The molecule has 0 spiro atoms. The standard InChI is InChI=1S/C30H27NSi/c1-4-14-26(15-5-1)32(27-16-6-2-7-17-27,28-18-8-3-9-19-28)24-12-21-30-29-20-11-10-13-25(29)22-23-31-30/h1-11,13-20,22-23H,12,21,24H2. The first-order chi connectivity index (χ1) is 15.9. The fourth-order valence-electron chi connectivity index (χ4n) is 5.00. The molecular formula is C30H27NSi. The second-order valence-electron chi connectivity index (χ2n) is 8.34. The SMILES string of the molecule is c1ccc([Si](CCCc2nccc3ccccc23)(c2ccccc2)c2ccccc2)cc1. The number of nitrogens with zero attached hydrogens (tertiary/aromatic N) is 1. The van der Waals surface area contributed by atoms with Crippen molar-refractivity contribution in [2.75, 3.05) is 0 Å². The molecule has 0 aliphatic heterocycles. The Bertz CT molecular complexity index is 1180. The molecule has 0 bridgehead atoms. The van der Waals surface area contributed by atoms with Crippen LogP contribution in [-0.4, -0.2) is 13.1 Å². The second-order valence-corrected chi connectivity index (χ2v) is 12.4. The Morgan fingerprint density at radius 3 is 1.59 bits per heavy atom. The van der Waals surface area contributed by atoms with E-state index in [1.807, 2.05) is 6.20 Å². The normalized spacial score (nSPS) is 11.5. The highest BCUT2D eigenvalue weighted by Gasteiger charge is 2.38. The Balaban J connectivity index is 1.57. The molecule has 0 aliphatic rings. The minimum Gasteiger partial charge on any atom is -0.261 e. The van der Waals surface area contributed by atoms with Gasteiger partial charge in [-0.3, -0.25) is 4.98 Å². The summed E-state index contributed by atoms with van der Waals surface area (Å²) in [6.45, 7) is 0. The Labute approximate surface area is 191 Å². The molecule has 5 aromatic rings. The summed E-state index contributed by atoms with van der Waals surface area (Å²) in [5.74, 6) is 0. The van der Waals surface area contributed by atoms with Gasteiger partial charge in [0, 0.05) is 17.3 Å². The molecular weight excluding hydrogens is 402 g/mol. The number of aromatic nitrogens is 1. The Kier molecular flexibility index (Phi) is 5.95. The highest BCUT2D eigenvalue weighted by molar-refractivity contribution is 7.11. The zero-order valence-corrected chi connectivity index (χ0v) is 19.2. The van der Waals surface area contributed by atoms with Crippen LogP contribution in [0.2, 0.25) is 6.04 Å². The van der Waals surface area contributed by atoms with Crippen molar-refractivity contribution in [2.45, 2.75) is 18.9 Å². The summed E-state index contributed by atoms with van der Waals surface area (Å²) in [6.07, 6.45) is 4.04. The monoisotopic (exact) mass is 429 g/mol. The lowest BCUT2D eigenvalue weighted by Crippen LogP contribution is -2.66. The molecule has 0 saturated carbocycles. The van der Waals surface area contributed by atoms with Crippen LogP contribution < -0.4 is 15.6 Å². The highest BCUT2D eigenvalue weighted by atomic mass is 28.3. The van der Waals surface area contributed by atoms with Gasteiger partial charge in [-0.05, 0) is 45.9 Å². The van der Waals surface area contributed by atoms with Crippen LogP contribution in [0, 0.1) is 0 Å². The lowest BCUT2D eigenvalue weighted by molar-refractivity contribution is 0.882. The van der Waals surface area contributed by atoms with Crippen molar-refractivity contribution in [3.8, 4) is 0 Å². The fourth-order valence-corrected chi connectivity index (χ4v) is 9.86. The third kappa shape index (κ3) is 3.90. The van der Waals surface area contributed by atoms with Gasteiger partial charge < -0.3 is 0 Å². The number of pyridine rings is 1. The van der Waals surface area contributed by atoms with Crippen LogP contribution in [0.25, 0.3) is 10.8 Å². The summed E-state index contributed by atoms with van der Waals surface area (Å²) in [4.78, 5) is 4.76. The lowest BCUT2D eigenvalue weighted by atomic mass is 10.1. The van der Waals surface area contributed by atoms with Gasteiger partial charge in [0.1, 0.15) is 8.07 Å². The van der Waals surface area contributed by atoms with Crippen molar-refractivity contribution in [3.63, 3.8) is 0 Å². The Morgan fingerprint density at radius 1 is 0.531 bits per heavy atom. The van der Waals surface area contributed by atoms with Gasteiger partial charge in [0.15, 0.2) is 0 Å². The van der Waals surface area contributed by atoms with Crippen molar-refractivity contribution in [1.29, 1.82) is 0 Å². The number of rotatable bonds is 7. The largest absolute Gasteiger partial charge is 0.261 e. The van der Waals surface area contributed by atoms with E-state index in [-0.39, 0.29) is 0 Å². The predicted molar refractivity (Wildman–Crippen MR) is 139 cm³/mol. The minimum atomic E-state index is -2.17. The topological polar surface area (TPSA) is 12.9 Å². The van der Waals surface area contributed by atoms with Crippen LogP contribution in [0.1, 0.15) is 12.1 Å². The van der Waals surface area contributed by atoms with E-state index >= 15 is 0 Å². The van der Waals surface area contributed by atoms with Gasteiger partial charge in [0.05, 0.1) is 0 Å². The van der Waals surface area contributed by atoms with Gasteiger partial charge in [0.2, 0.25) is 0 Å². The highest BCUT2D eigenvalue weighted by Crippen LogP contribution is 2.21. The van der Waals surface area contributed by atoms with Gasteiger partial charge in [-0.1, -0.05) is 115 Å². The van der Waals surface area contributed by atoms with Crippen molar-refractivity contribution < 1.29 is 0 Å². The first kappa shape index (κ1) is 20.4. The molecule has 156 valence electrons. The Hall–Kier alpha value is -3.49. The molecule has 0 unspecified atom stereocenters. The summed E-state index contributed by atoms with van der Waals surface area (Å²) in [5, 5.41) is 6.98. The van der Waals surface area contributed by atoms with E-state index in [2.05, 4.69) is 121 Å². The predicted octanol–water partition coefficient (Wildman–Crippen LogP) is 5.34. The molecule has 32 heavy (non-hydrogen) atoms. The maximum absolute atomic E-state index is 4.76. The van der Waals surface area contributed by atoms with Crippen LogP contribution in [-0.2, 0) is 6.42 Å². The average Bonchev–Trinajstić information content (AvgIpc) is 2.88. The first-order valence-electron chi connectivity index (χ1n) is 11.4. The zero-order valence-electron chi connectivity index (χ0n) is 18.2. The number of aryl methyl sites for hydroxylation is 1. The van der Waals surface area contributed by atoms with Gasteiger partial charge >= 0.3 is 0 Å². The Morgan fingerprint density at radius 2 is 1.03 bits per heavy atom. The van der Waals surface area contributed by atoms with Crippen LogP contribution in [0.15, 0.2) is 128 Å². The lowest BCUT2D eigenvalue weighted by Gasteiger charge is -2.34. The average molecular weight is 430 g/mol. The van der Waals surface area contributed by atoms with Crippen LogP contribution >= 0.6 is 0 Å². The second kappa shape index (κ2) is 9.33. The third-order valence-electron chi connectivity index (χ3n) is 6.52. The van der Waals surface area contributed by atoms with E-state index < -0.39 is 8.07 Å². The molecule has 2 heteroatoms. The molecule has 0 amide bonds. The maximum Gasteiger partial charge on any atom is 0.148 e. The fraction of sp³-hybridized carbons (Fsp3) is 0.100. The quantitative estimate of drug-likeness (QED) is 0.251. The summed E-state index contributed by atoms with van der Waals surface area (Å²) in [7, 11) is -2.17. The molecule has 0 aliphatic carbocycles. The van der Waals surface area contributed by atoms with E-state index in [0.29, 0.717) is 0 Å². The summed E-state index contributed by atoms with van der Waals surface area (Å²) >= 11 is 0. The van der Waals surface area contributed by atoms with E-state index in [0.717, 1.165) is 18.9 Å². The van der Waals surface area contributed by atoms with E-state index in [1.165, 1.54) is 32.0 Å². The summed E-state index contributed by atoms with van der Waals surface area (Å²) in [6, 6.07) is 45.4. The van der Waals surface area contributed by atoms with Gasteiger partial charge in [0.25, 0.3) is 0 Å². The maximum atomic E-state index is 4.76. The van der Waals surface area contributed by atoms with Gasteiger partial charge in [-0.15, -0.1) is 0 Å². The number of benzene rings is 4. The number of hydrogen-bond donors (Lipinski definition) is 0. The minimum absolute atomic E-state index is 0.989. The van der Waals surface area contributed by atoms with Crippen molar-refractivity contribution >= 4 is 34.4 Å². The van der Waals surface area contributed by atoms with Crippen LogP contribution in [0.5, 0.6) is 0 Å². The number of fused-ring (bicyclic) bond motifs is 1. The molecule has 0 N–H and O–H groups in total. The molecule has 0 atom stereocenters. The van der Waals surface area contributed by atoms with Gasteiger partial charge in [-0.2, -0.15) is 0 Å². The van der Waals surface area contributed by atoms with E-state index in [9.17, 15) is 0 Å². The first-order valence-corrected chi connectivity index (χ1v) is 13.6. The summed E-state index contributed by atoms with van der Waals surface area (Å²) < 4.78 is 0. The molecule has 0 radical (unpaired) electrons. The molecule has 0 fully saturated rings. The molecule has 5 rings (SSSR count). The zero-order chi connectivity index (χ0) is 21.6. The van der Waals surface area contributed by atoms with E-state index in [1.54, 1.807) is 0 Å². The van der Waals surface area contributed by atoms with Crippen LogP contribution in [0.4, 0.5) is 0 Å². The van der Waals surface area contributed by atoms with Crippen molar-refractivity contribution in [1.82, 2.24) is 4.98 Å². The molecule has 1 aromatic heterocycles. The molecule has 4 aromatic carbocycles. The molecule has 1 heterocycles. The van der Waals surface area contributed by atoms with E-state index in [4.69, 9.17) is 4.98 Å². The van der Waals surface area contributed by atoms with Crippen LogP contribution in [0.3, 0.4) is 0 Å². The molecule has 1 nitrogen and oxygen atoms in total. The summed E-state index contributed by atoms with van der Waals surface area (Å²) in [5.41, 5.74) is 1.21.